The van der Waals surface area contributed by atoms with Crippen molar-refractivity contribution in [2.75, 3.05) is 12.4 Å². The van der Waals surface area contributed by atoms with E-state index in [1.807, 2.05) is 13.0 Å². The average Bonchev–Trinajstić information content (AvgIpc) is 3.14. The lowest BCUT2D eigenvalue weighted by molar-refractivity contribution is -0.115. The van der Waals surface area contributed by atoms with Crippen LogP contribution in [0.5, 0.6) is 0 Å². The molecule has 0 unspecified atom stereocenters. The van der Waals surface area contributed by atoms with Gasteiger partial charge in [0.25, 0.3) is 0 Å². The fraction of sp³-hybridized carbons (Fsp3) is 0.188. The number of nitrogens with zero attached hydrogens (tertiary/aromatic N) is 1. The van der Waals surface area contributed by atoms with Crippen LogP contribution in [-0.4, -0.2) is 34.2 Å². The number of aryl methyl sites for hydroxylation is 1. The number of nitrogens with one attached hydrogen (secondary N) is 3. The molecule has 2 heterocycles. The highest BCUT2D eigenvalue weighted by atomic mass is 16.5. The second-order valence-corrected chi connectivity index (χ2v) is 5.22. The monoisotopic (exact) mass is 312 g/mol. The van der Waals surface area contributed by atoms with Crippen molar-refractivity contribution in [1.29, 1.82) is 0 Å². The van der Waals surface area contributed by atoms with Crippen LogP contribution in [-0.2, 0) is 16.0 Å². The molecular formula is C16H16N4O3. The topological polar surface area (TPSA) is 99.9 Å². The van der Waals surface area contributed by atoms with Crippen LogP contribution in [0.1, 0.15) is 21.7 Å². The SMILES string of the molecule is COC(=O)c1cc(NC(=O)Cc2cc(C)[nH]n2)cc2[nH]ccc12. The van der Waals surface area contributed by atoms with E-state index in [0.29, 0.717) is 16.9 Å². The highest BCUT2D eigenvalue weighted by Crippen LogP contribution is 2.24. The number of carbonyl (C=O) groups is 2. The summed E-state index contributed by atoms with van der Waals surface area (Å²) in [6.07, 6.45) is 1.88. The summed E-state index contributed by atoms with van der Waals surface area (Å²) in [6, 6.07) is 6.98. The maximum Gasteiger partial charge on any atom is 0.338 e. The number of amides is 1. The summed E-state index contributed by atoms with van der Waals surface area (Å²) in [5.74, 6) is -0.660. The lowest BCUT2D eigenvalue weighted by Crippen LogP contribution is -2.15. The molecule has 0 aliphatic rings. The van der Waals surface area contributed by atoms with Crippen molar-refractivity contribution in [2.24, 2.45) is 0 Å². The van der Waals surface area contributed by atoms with Crippen molar-refractivity contribution in [1.82, 2.24) is 15.2 Å². The normalized spacial score (nSPS) is 10.7. The van der Waals surface area contributed by atoms with E-state index in [4.69, 9.17) is 4.74 Å². The fourth-order valence-corrected chi connectivity index (χ4v) is 2.45. The van der Waals surface area contributed by atoms with Crippen LogP contribution in [0, 0.1) is 6.92 Å². The van der Waals surface area contributed by atoms with Gasteiger partial charge in [-0.05, 0) is 31.2 Å². The molecule has 3 rings (SSSR count). The molecule has 7 heteroatoms. The number of ether oxygens (including phenoxy) is 1. The van der Waals surface area contributed by atoms with Gasteiger partial charge in [-0.25, -0.2) is 4.79 Å². The Bertz CT molecular complexity index is 878. The number of hydrogen-bond acceptors (Lipinski definition) is 4. The number of aromatic nitrogens is 3. The summed E-state index contributed by atoms with van der Waals surface area (Å²) < 4.78 is 4.79. The zero-order chi connectivity index (χ0) is 16.4. The van der Waals surface area contributed by atoms with E-state index in [2.05, 4.69) is 20.5 Å². The minimum atomic E-state index is -0.450. The third-order valence-corrected chi connectivity index (χ3v) is 3.46. The predicted molar refractivity (Wildman–Crippen MR) is 85.3 cm³/mol. The summed E-state index contributed by atoms with van der Waals surface area (Å²) >= 11 is 0. The smallest absolute Gasteiger partial charge is 0.338 e. The lowest BCUT2D eigenvalue weighted by atomic mass is 10.1. The summed E-state index contributed by atoms with van der Waals surface area (Å²) in [4.78, 5) is 27.0. The Hall–Kier alpha value is -3.09. The molecule has 0 aliphatic carbocycles. The Morgan fingerprint density at radius 1 is 1.30 bits per heavy atom. The molecule has 0 saturated heterocycles. The molecule has 0 spiro atoms. The van der Waals surface area contributed by atoms with E-state index in [1.54, 1.807) is 24.4 Å². The number of methoxy groups -OCH3 is 1. The zero-order valence-corrected chi connectivity index (χ0v) is 12.8. The van der Waals surface area contributed by atoms with Gasteiger partial charge in [0.05, 0.1) is 24.8 Å². The standard InChI is InChI=1S/C16H16N4O3/c1-9-5-11(20-19-9)8-15(21)18-10-6-13(16(22)23-2)12-3-4-17-14(12)7-10/h3-7,17H,8H2,1-2H3,(H,18,21)(H,19,20). The number of hydrogen-bond donors (Lipinski definition) is 3. The van der Waals surface area contributed by atoms with Crippen LogP contribution in [0.15, 0.2) is 30.5 Å². The molecule has 0 radical (unpaired) electrons. The van der Waals surface area contributed by atoms with E-state index in [-0.39, 0.29) is 12.3 Å². The number of carbonyl (C=O) groups excluding carboxylic acids is 2. The molecule has 3 aromatic rings. The largest absolute Gasteiger partial charge is 0.465 e. The van der Waals surface area contributed by atoms with Crippen LogP contribution in [0.2, 0.25) is 0 Å². The first kappa shape index (κ1) is 14.8. The van der Waals surface area contributed by atoms with E-state index < -0.39 is 5.97 Å². The number of rotatable bonds is 4. The van der Waals surface area contributed by atoms with Crippen molar-refractivity contribution < 1.29 is 14.3 Å². The van der Waals surface area contributed by atoms with Gasteiger partial charge in [-0.15, -0.1) is 0 Å². The Kier molecular flexibility index (Phi) is 3.84. The highest BCUT2D eigenvalue weighted by Gasteiger charge is 2.14. The number of benzene rings is 1. The Labute approximate surface area is 132 Å². The second-order valence-electron chi connectivity index (χ2n) is 5.22. The number of aromatic amines is 2. The van der Waals surface area contributed by atoms with Crippen molar-refractivity contribution in [3.8, 4) is 0 Å². The molecule has 2 aromatic heterocycles. The van der Waals surface area contributed by atoms with Gasteiger partial charge >= 0.3 is 5.97 Å². The highest BCUT2D eigenvalue weighted by molar-refractivity contribution is 6.06. The van der Waals surface area contributed by atoms with Crippen LogP contribution < -0.4 is 5.32 Å². The van der Waals surface area contributed by atoms with Gasteiger partial charge < -0.3 is 15.0 Å². The molecule has 0 bridgehead atoms. The quantitative estimate of drug-likeness (QED) is 0.643. The number of H-pyrrole nitrogens is 2. The minimum absolute atomic E-state index is 0.153. The van der Waals surface area contributed by atoms with E-state index in [0.717, 1.165) is 16.6 Å². The van der Waals surface area contributed by atoms with E-state index in [1.165, 1.54) is 7.11 Å². The Morgan fingerprint density at radius 3 is 2.83 bits per heavy atom. The molecule has 7 nitrogen and oxygen atoms in total. The maximum absolute atomic E-state index is 12.1. The lowest BCUT2D eigenvalue weighted by Gasteiger charge is -2.08. The third kappa shape index (κ3) is 3.08. The van der Waals surface area contributed by atoms with Crippen molar-refractivity contribution >= 4 is 28.5 Å². The molecule has 0 saturated carbocycles. The zero-order valence-electron chi connectivity index (χ0n) is 12.8. The molecule has 3 N–H and O–H groups in total. The average molecular weight is 312 g/mol. The van der Waals surface area contributed by atoms with Gasteiger partial charge in [-0.2, -0.15) is 5.10 Å². The predicted octanol–water partition coefficient (Wildman–Crippen LogP) is 2.17. The first-order chi connectivity index (χ1) is 11.1. The van der Waals surface area contributed by atoms with Gasteiger partial charge in [0.1, 0.15) is 0 Å². The van der Waals surface area contributed by atoms with Gasteiger partial charge in [0, 0.05) is 28.5 Å². The third-order valence-electron chi connectivity index (χ3n) is 3.46. The van der Waals surface area contributed by atoms with Crippen molar-refractivity contribution in [2.45, 2.75) is 13.3 Å². The van der Waals surface area contributed by atoms with Crippen LogP contribution in [0.3, 0.4) is 0 Å². The number of esters is 1. The van der Waals surface area contributed by atoms with Crippen LogP contribution in [0.25, 0.3) is 10.9 Å². The molecule has 0 aliphatic heterocycles. The summed E-state index contributed by atoms with van der Waals surface area (Å²) in [6.45, 7) is 1.87. The molecule has 1 amide bonds. The molecule has 0 fully saturated rings. The molecule has 23 heavy (non-hydrogen) atoms. The van der Waals surface area contributed by atoms with Gasteiger partial charge in [-0.1, -0.05) is 0 Å². The minimum Gasteiger partial charge on any atom is -0.465 e. The number of anilines is 1. The van der Waals surface area contributed by atoms with Gasteiger partial charge in [-0.3, -0.25) is 9.89 Å². The van der Waals surface area contributed by atoms with E-state index >= 15 is 0 Å². The Morgan fingerprint density at radius 2 is 2.13 bits per heavy atom. The Balaban J connectivity index is 1.84. The number of fused-ring (bicyclic) bond motifs is 1. The summed E-state index contributed by atoms with van der Waals surface area (Å²) in [5, 5.41) is 10.4. The maximum atomic E-state index is 12.1. The van der Waals surface area contributed by atoms with E-state index in [9.17, 15) is 9.59 Å². The summed E-state index contributed by atoms with van der Waals surface area (Å²) in [7, 11) is 1.33. The molecule has 1 aromatic carbocycles. The first-order valence-corrected chi connectivity index (χ1v) is 7.07. The van der Waals surface area contributed by atoms with Crippen molar-refractivity contribution in [3.05, 3.63) is 47.4 Å². The second kappa shape index (κ2) is 5.96. The molecular weight excluding hydrogens is 296 g/mol. The molecule has 0 atom stereocenters. The van der Waals surface area contributed by atoms with Crippen molar-refractivity contribution in [3.63, 3.8) is 0 Å². The van der Waals surface area contributed by atoms with Gasteiger partial charge in [0.15, 0.2) is 0 Å². The van der Waals surface area contributed by atoms with Crippen LogP contribution >= 0.6 is 0 Å². The van der Waals surface area contributed by atoms with Crippen LogP contribution in [0.4, 0.5) is 5.69 Å². The first-order valence-electron chi connectivity index (χ1n) is 7.07. The van der Waals surface area contributed by atoms with Gasteiger partial charge in [0.2, 0.25) is 5.91 Å². The fourth-order valence-electron chi connectivity index (χ4n) is 2.45. The molecule has 118 valence electrons. The summed E-state index contributed by atoms with van der Waals surface area (Å²) in [5.41, 5.74) is 3.23.